The molecule has 0 saturated carbocycles. The Morgan fingerprint density at radius 1 is 1.21 bits per heavy atom. The summed E-state index contributed by atoms with van der Waals surface area (Å²) in [7, 11) is 1.53. The van der Waals surface area contributed by atoms with E-state index in [1.807, 2.05) is 13.8 Å². The zero-order valence-corrected chi connectivity index (χ0v) is 10.1. The van der Waals surface area contributed by atoms with E-state index < -0.39 is 5.79 Å². The summed E-state index contributed by atoms with van der Waals surface area (Å²) >= 11 is 0. The Hall–Kier alpha value is -0.570. The van der Waals surface area contributed by atoms with Gasteiger partial charge in [0.05, 0.1) is 6.42 Å². The van der Waals surface area contributed by atoms with Gasteiger partial charge in [-0.25, -0.2) is 0 Å². The number of carbonyl (C=O) groups excluding carboxylic acids is 1. The summed E-state index contributed by atoms with van der Waals surface area (Å²) in [6.45, 7) is 9.62. The van der Waals surface area contributed by atoms with Gasteiger partial charge >= 0.3 is 5.97 Å². The van der Waals surface area contributed by atoms with E-state index in [1.165, 1.54) is 7.11 Å². The molecule has 0 radical (unpaired) electrons. The highest BCUT2D eigenvalue weighted by Gasteiger charge is 2.26. The fourth-order valence-corrected chi connectivity index (χ4v) is 0.868. The highest BCUT2D eigenvalue weighted by atomic mass is 16.7. The maximum Gasteiger partial charge on any atom is 0.308 e. The maximum absolute atomic E-state index is 11.5. The average Bonchev–Trinajstić information content (AvgIpc) is 2.02. The van der Waals surface area contributed by atoms with Crippen molar-refractivity contribution in [1.82, 2.24) is 0 Å². The topological polar surface area (TPSA) is 35.5 Å². The number of ether oxygens (including phenoxy) is 2. The summed E-state index contributed by atoms with van der Waals surface area (Å²) in [4.78, 5) is 11.5. The summed E-state index contributed by atoms with van der Waals surface area (Å²) in [5.41, 5.74) is 0.000898. The summed E-state index contributed by atoms with van der Waals surface area (Å²) in [6.07, 6.45) is 1.38. The summed E-state index contributed by atoms with van der Waals surface area (Å²) < 4.78 is 10.2. The zero-order chi connectivity index (χ0) is 11.4. The molecule has 0 aliphatic heterocycles. The van der Waals surface area contributed by atoms with Crippen LogP contribution in [-0.4, -0.2) is 18.9 Å². The van der Waals surface area contributed by atoms with Crippen molar-refractivity contribution in [2.75, 3.05) is 7.11 Å². The Morgan fingerprint density at radius 3 is 2.07 bits per heavy atom. The van der Waals surface area contributed by atoms with Gasteiger partial charge in [0, 0.05) is 21.0 Å². The standard InChI is InChI=1S/C11H22O3/c1-7-10(2,3)8-9(12)14-11(4,5)13-6/h7-8H2,1-6H3. The van der Waals surface area contributed by atoms with Crippen LogP contribution in [0.4, 0.5) is 0 Å². The van der Waals surface area contributed by atoms with Crippen molar-refractivity contribution in [3.8, 4) is 0 Å². The van der Waals surface area contributed by atoms with Crippen molar-refractivity contribution in [1.29, 1.82) is 0 Å². The van der Waals surface area contributed by atoms with Crippen molar-refractivity contribution in [3.05, 3.63) is 0 Å². The second kappa shape index (κ2) is 4.78. The Labute approximate surface area is 86.8 Å². The van der Waals surface area contributed by atoms with Gasteiger partial charge in [0.1, 0.15) is 0 Å². The molecule has 0 aliphatic carbocycles. The van der Waals surface area contributed by atoms with Crippen molar-refractivity contribution in [3.63, 3.8) is 0 Å². The molecule has 14 heavy (non-hydrogen) atoms. The van der Waals surface area contributed by atoms with Gasteiger partial charge in [0.25, 0.3) is 0 Å². The van der Waals surface area contributed by atoms with Crippen LogP contribution in [0.3, 0.4) is 0 Å². The number of esters is 1. The minimum atomic E-state index is -0.819. The van der Waals surface area contributed by atoms with E-state index in [0.29, 0.717) is 6.42 Å². The fourth-order valence-electron chi connectivity index (χ4n) is 0.868. The number of hydrogen-bond acceptors (Lipinski definition) is 3. The molecule has 3 heteroatoms. The second-order valence-corrected chi connectivity index (χ2v) is 4.77. The van der Waals surface area contributed by atoms with Gasteiger partial charge < -0.3 is 9.47 Å². The molecule has 84 valence electrons. The van der Waals surface area contributed by atoms with Crippen LogP contribution in [0.2, 0.25) is 0 Å². The van der Waals surface area contributed by atoms with Gasteiger partial charge in [-0.1, -0.05) is 27.2 Å². The lowest BCUT2D eigenvalue weighted by atomic mass is 9.87. The van der Waals surface area contributed by atoms with Crippen LogP contribution in [0.1, 0.15) is 47.5 Å². The predicted octanol–water partition coefficient (Wildman–Crippen LogP) is 2.74. The molecular weight excluding hydrogens is 180 g/mol. The third-order valence-electron chi connectivity index (χ3n) is 2.43. The fraction of sp³-hybridized carbons (Fsp3) is 0.909. The molecule has 0 spiro atoms. The second-order valence-electron chi connectivity index (χ2n) is 4.77. The number of carbonyl (C=O) groups is 1. The van der Waals surface area contributed by atoms with Gasteiger partial charge in [-0.05, 0) is 5.41 Å². The van der Waals surface area contributed by atoms with Gasteiger partial charge in [-0.2, -0.15) is 0 Å². The predicted molar refractivity (Wildman–Crippen MR) is 55.9 cm³/mol. The summed E-state index contributed by atoms with van der Waals surface area (Å²) in [6, 6.07) is 0. The first-order chi connectivity index (χ1) is 6.22. The molecule has 0 unspecified atom stereocenters. The zero-order valence-electron chi connectivity index (χ0n) is 10.1. The minimum Gasteiger partial charge on any atom is -0.434 e. The molecule has 0 aromatic heterocycles. The van der Waals surface area contributed by atoms with E-state index in [9.17, 15) is 4.79 Å². The Morgan fingerprint density at radius 2 is 1.71 bits per heavy atom. The molecular formula is C11H22O3. The molecule has 3 nitrogen and oxygen atoms in total. The third-order valence-corrected chi connectivity index (χ3v) is 2.43. The summed E-state index contributed by atoms with van der Waals surface area (Å²) in [5.74, 6) is -1.02. The smallest absolute Gasteiger partial charge is 0.308 e. The molecule has 0 saturated heterocycles. The first-order valence-electron chi connectivity index (χ1n) is 4.99. The first-order valence-corrected chi connectivity index (χ1v) is 4.99. The van der Waals surface area contributed by atoms with E-state index in [-0.39, 0.29) is 11.4 Å². The molecule has 0 rings (SSSR count). The number of hydrogen-bond donors (Lipinski definition) is 0. The van der Waals surface area contributed by atoms with Crippen molar-refractivity contribution in [2.45, 2.75) is 53.2 Å². The highest BCUT2D eigenvalue weighted by Crippen LogP contribution is 2.26. The molecule has 0 aliphatic rings. The van der Waals surface area contributed by atoms with Gasteiger partial charge in [-0.15, -0.1) is 0 Å². The quantitative estimate of drug-likeness (QED) is 0.508. The van der Waals surface area contributed by atoms with Crippen LogP contribution in [0.25, 0.3) is 0 Å². The SMILES string of the molecule is CCC(C)(C)CC(=O)OC(C)(C)OC. The van der Waals surface area contributed by atoms with Crippen LogP contribution in [0.15, 0.2) is 0 Å². The monoisotopic (exact) mass is 202 g/mol. The van der Waals surface area contributed by atoms with E-state index in [2.05, 4.69) is 6.92 Å². The highest BCUT2D eigenvalue weighted by molar-refractivity contribution is 5.70. The molecule has 0 aromatic carbocycles. The Balaban J connectivity index is 4.12. The van der Waals surface area contributed by atoms with Gasteiger partial charge in [0.2, 0.25) is 5.79 Å². The maximum atomic E-state index is 11.5. The lowest BCUT2D eigenvalue weighted by Crippen LogP contribution is -2.31. The van der Waals surface area contributed by atoms with E-state index in [1.54, 1.807) is 13.8 Å². The lowest BCUT2D eigenvalue weighted by Gasteiger charge is -2.26. The van der Waals surface area contributed by atoms with E-state index >= 15 is 0 Å². The average molecular weight is 202 g/mol. The van der Waals surface area contributed by atoms with E-state index in [0.717, 1.165) is 6.42 Å². The molecule has 0 aromatic rings. The molecule has 0 atom stereocenters. The Kier molecular flexibility index (Phi) is 4.59. The molecule has 0 heterocycles. The minimum absolute atomic E-state index is 0.000898. The number of rotatable bonds is 5. The van der Waals surface area contributed by atoms with Crippen LogP contribution in [0.5, 0.6) is 0 Å². The molecule has 0 N–H and O–H groups in total. The van der Waals surface area contributed by atoms with Crippen molar-refractivity contribution in [2.24, 2.45) is 5.41 Å². The lowest BCUT2D eigenvalue weighted by molar-refractivity contribution is -0.207. The van der Waals surface area contributed by atoms with Crippen LogP contribution >= 0.6 is 0 Å². The normalized spacial score (nSPS) is 12.7. The largest absolute Gasteiger partial charge is 0.434 e. The molecule has 0 amide bonds. The van der Waals surface area contributed by atoms with Crippen LogP contribution in [0, 0.1) is 5.41 Å². The van der Waals surface area contributed by atoms with Crippen molar-refractivity contribution < 1.29 is 14.3 Å². The molecule has 0 fully saturated rings. The van der Waals surface area contributed by atoms with Gasteiger partial charge in [0.15, 0.2) is 0 Å². The molecule has 0 bridgehead atoms. The number of methoxy groups -OCH3 is 1. The van der Waals surface area contributed by atoms with Crippen LogP contribution < -0.4 is 0 Å². The summed E-state index contributed by atoms with van der Waals surface area (Å²) in [5, 5.41) is 0. The van der Waals surface area contributed by atoms with Crippen molar-refractivity contribution >= 4 is 5.97 Å². The van der Waals surface area contributed by atoms with Crippen LogP contribution in [-0.2, 0) is 14.3 Å². The first kappa shape index (κ1) is 13.4. The van der Waals surface area contributed by atoms with E-state index in [4.69, 9.17) is 9.47 Å². The third kappa shape index (κ3) is 5.22. The Bertz CT molecular complexity index is 175. The van der Waals surface area contributed by atoms with Gasteiger partial charge in [-0.3, -0.25) is 4.79 Å².